The number of rotatable bonds is 8. The zero-order valence-corrected chi connectivity index (χ0v) is 15.3. The second kappa shape index (κ2) is 8.53. The Morgan fingerprint density at radius 1 is 1.19 bits per heavy atom. The van der Waals surface area contributed by atoms with Gasteiger partial charge in [-0.15, -0.1) is 0 Å². The van der Waals surface area contributed by atoms with Crippen LogP contribution in [0.2, 0.25) is 0 Å². The van der Waals surface area contributed by atoms with Gasteiger partial charge in [-0.2, -0.15) is 0 Å². The number of carboxylic acid groups (broad SMARTS) is 1. The molecule has 0 radical (unpaired) electrons. The van der Waals surface area contributed by atoms with E-state index in [0.29, 0.717) is 28.2 Å². The van der Waals surface area contributed by atoms with Gasteiger partial charge in [0.15, 0.2) is 6.61 Å². The molecule has 0 aliphatic carbocycles. The standard InChI is InChI=1S/C19H23NO6/c1-11-7-14(8-12(2)18(11)25-10-17(21)22)19(23)20-15(9-24-4)16-6-5-13(3)26-16/h5-8,15H,9-10H2,1-4H3,(H,20,23)(H,21,22). The predicted octanol–water partition coefficient (Wildman–Crippen LogP) is 2.79. The third-order valence-electron chi connectivity index (χ3n) is 3.81. The molecule has 0 saturated carbocycles. The molecule has 2 rings (SSSR count). The molecule has 0 fully saturated rings. The van der Waals surface area contributed by atoms with Crippen LogP contribution >= 0.6 is 0 Å². The summed E-state index contributed by atoms with van der Waals surface area (Å²) in [6.45, 7) is 5.21. The molecule has 0 spiro atoms. The van der Waals surface area contributed by atoms with Crippen molar-refractivity contribution in [3.63, 3.8) is 0 Å². The molecule has 0 bridgehead atoms. The Labute approximate surface area is 151 Å². The summed E-state index contributed by atoms with van der Waals surface area (Å²) in [5, 5.41) is 11.6. The third-order valence-corrected chi connectivity index (χ3v) is 3.81. The van der Waals surface area contributed by atoms with E-state index in [1.807, 2.05) is 13.0 Å². The van der Waals surface area contributed by atoms with E-state index in [1.54, 1.807) is 39.2 Å². The van der Waals surface area contributed by atoms with Gasteiger partial charge in [0, 0.05) is 12.7 Å². The van der Waals surface area contributed by atoms with Gasteiger partial charge >= 0.3 is 5.97 Å². The fourth-order valence-electron chi connectivity index (χ4n) is 2.69. The number of hydrogen-bond donors (Lipinski definition) is 2. The van der Waals surface area contributed by atoms with Gasteiger partial charge < -0.3 is 24.3 Å². The van der Waals surface area contributed by atoms with Crippen molar-refractivity contribution in [2.24, 2.45) is 0 Å². The minimum atomic E-state index is -1.05. The number of carbonyl (C=O) groups excluding carboxylic acids is 1. The Kier molecular flexibility index (Phi) is 6.41. The maximum absolute atomic E-state index is 12.6. The van der Waals surface area contributed by atoms with Crippen molar-refractivity contribution < 1.29 is 28.6 Å². The molecule has 1 amide bonds. The molecule has 0 saturated heterocycles. The van der Waals surface area contributed by atoms with Crippen molar-refractivity contribution in [3.8, 4) is 5.75 Å². The lowest BCUT2D eigenvalue weighted by Gasteiger charge is -2.17. The summed E-state index contributed by atoms with van der Waals surface area (Å²) in [6, 6.07) is 6.55. The fraction of sp³-hybridized carbons (Fsp3) is 0.368. The van der Waals surface area contributed by atoms with Crippen LogP contribution in [-0.4, -0.2) is 37.3 Å². The van der Waals surface area contributed by atoms with Gasteiger partial charge in [-0.25, -0.2) is 4.79 Å². The van der Waals surface area contributed by atoms with Crippen LogP contribution in [0.15, 0.2) is 28.7 Å². The van der Waals surface area contributed by atoms with Gasteiger partial charge in [0.25, 0.3) is 5.91 Å². The molecule has 7 nitrogen and oxygen atoms in total. The van der Waals surface area contributed by atoms with Crippen LogP contribution in [0.1, 0.15) is 39.0 Å². The molecule has 2 aromatic rings. The maximum atomic E-state index is 12.6. The van der Waals surface area contributed by atoms with E-state index in [4.69, 9.17) is 19.0 Å². The fourth-order valence-corrected chi connectivity index (χ4v) is 2.69. The number of carboxylic acids is 1. The summed E-state index contributed by atoms with van der Waals surface area (Å²) in [6.07, 6.45) is 0. The van der Waals surface area contributed by atoms with Gasteiger partial charge in [-0.05, 0) is 56.2 Å². The normalized spacial score (nSPS) is 11.8. The molecule has 1 aromatic carbocycles. The summed E-state index contributed by atoms with van der Waals surface area (Å²) in [4.78, 5) is 23.3. The number of methoxy groups -OCH3 is 1. The zero-order chi connectivity index (χ0) is 19.3. The minimum absolute atomic E-state index is 0.274. The second-order valence-corrected chi connectivity index (χ2v) is 6.05. The summed E-state index contributed by atoms with van der Waals surface area (Å²) in [5.41, 5.74) is 1.83. The van der Waals surface area contributed by atoms with Crippen molar-refractivity contribution in [2.45, 2.75) is 26.8 Å². The average molecular weight is 361 g/mol. The smallest absolute Gasteiger partial charge is 0.341 e. The molecule has 2 N–H and O–H groups in total. The number of nitrogens with one attached hydrogen (secondary N) is 1. The molecule has 26 heavy (non-hydrogen) atoms. The van der Waals surface area contributed by atoms with Crippen LogP contribution in [0.3, 0.4) is 0 Å². The molecule has 1 heterocycles. The Bertz CT molecular complexity index is 772. The van der Waals surface area contributed by atoms with Gasteiger partial charge in [-0.1, -0.05) is 0 Å². The molecule has 1 unspecified atom stereocenters. The van der Waals surface area contributed by atoms with E-state index < -0.39 is 18.6 Å². The van der Waals surface area contributed by atoms with Gasteiger partial charge in [0.1, 0.15) is 23.3 Å². The Hall–Kier alpha value is -2.80. The monoisotopic (exact) mass is 361 g/mol. The van der Waals surface area contributed by atoms with Crippen LogP contribution in [-0.2, 0) is 9.53 Å². The van der Waals surface area contributed by atoms with Crippen molar-refractivity contribution in [1.82, 2.24) is 5.32 Å². The molecule has 1 aromatic heterocycles. The summed E-state index contributed by atoms with van der Waals surface area (Å²) in [7, 11) is 1.55. The maximum Gasteiger partial charge on any atom is 0.341 e. The quantitative estimate of drug-likeness (QED) is 0.750. The molecule has 140 valence electrons. The van der Waals surface area contributed by atoms with Crippen molar-refractivity contribution in [2.75, 3.05) is 20.3 Å². The highest BCUT2D eigenvalue weighted by molar-refractivity contribution is 5.95. The van der Waals surface area contributed by atoms with Crippen LogP contribution in [0.4, 0.5) is 0 Å². The van der Waals surface area contributed by atoms with Crippen LogP contribution in [0.25, 0.3) is 0 Å². The molecule has 7 heteroatoms. The van der Waals surface area contributed by atoms with E-state index in [2.05, 4.69) is 5.32 Å². The second-order valence-electron chi connectivity index (χ2n) is 6.05. The number of aryl methyl sites for hydroxylation is 3. The largest absolute Gasteiger partial charge is 0.481 e. The number of carbonyl (C=O) groups is 2. The first-order chi connectivity index (χ1) is 12.3. The number of hydrogen-bond acceptors (Lipinski definition) is 5. The van der Waals surface area contributed by atoms with Gasteiger partial charge in [0.2, 0.25) is 0 Å². The first kappa shape index (κ1) is 19.5. The lowest BCUT2D eigenvalue weighted by Crippen LogP contribution is -2.31. The van der Waals surface area contributed by atoms with Gasteiger partial charge in [-0.3, -0.25) is 4.79 Å². The average Bonchev–Trinajstić information content (AvgIpc) is 2.99. The lowest BCUT2D eigenvalue weighted by atomic mass is 10.0. The van der Waals surface area contributed by atoms with E-state index >= 15 is 0 Å². The highest BCUT2D eigenvalue weighted by Crippen LogP contribution is 2.25. The number of aliphatic carboxylic acids is 1. The number of furan rings is 1. The highest BCUT2D eigenvalue weighted by atomic mass is 16.5. The van der Waals surface area contributed by atoms with Crippen LogP contribution in [0.5, 0.6) is 5.75 Å². The van der Waals surface area contributed by atoms with Crippen molar-refractivity contribution in [3.05, 3.63) is 52.5 Å². The predicted molar refractivity (Wildman–Crippen MR) is 94.6 cm³/mol. The number of benzene rings is 1. The molecule has 0 aliphatic heterocycles. The number of ether oxygens (including phenoxy) is 2. The van der Waals surface area contributed by atoms with E-state index in [9.17, 15) is 9.59 Å². The molecular weight excluding hydrogens is 338 g/mol. The Balaban J connectivity index is 2.18. The molecule has 0 aliphatic rings. The Morgan fingerprint density at radius 3 is 2.35 bits per heavy atom. The highest BCUT2D eigenvalue weighted by Gasteiger charge is 2.20. The van der Waals surface area contributed by atoms with Crippen molar-refractivity contribution in [1.29, 1.82) is 0 Å². The molecular formula is C19H23NO6. The number of amides is 1. The van der Waals surface area contributed by atoms with Gasteiger partial charge in [0.05, 0.1) is 6.61 Å². The van der Waals surface area contributed by atoms with Crippen LogP contribution < -0.4 is 10.1 Å². The SMILES string of the molecule is COCC(NC(=O)c1cc(C)c(OCC(=O)O)c(C)c1)c1ccc(C)o1. The minimum Gasteiger partial charge on any atom is -0.481 e. The zero-order valence-electron chi connectivity index (χ0n) is 15.3. The first-order valence-corrected chi connectivity index (χ1v) is 8.13. The first-order valence-electron chi connectivity index (χ1n) is 8.13. The Morgan fingerprint density at radius 2 is 1.85 bits per heavy atom. The van der Waals surface area contributed by atoms with E-state index in [1.165, 1.54) is 0 Å². The summed E-state index contributed by atoms with van der Waals surface area (Å²) in [5.74, 6) is 0.507. The summed E-state index contributed by atoms with van der Waals surface area (Å²) >= 11 is 0. The van der Waals surface area contributed by atoms with Crippen molar-refractivity contribution >= 4 is 11.9 Å². The van der Waals surface area contributed by atoms with Crippen LogP contribution in [0, 0.1) is 20.8 Å². The van der Waals surface area contributed by atoms with E-state index in [0.717, 1.165) is 5.76 Å². The lowest BCUT2D eigenvalue weighted by molar-refractivity contribution is -0.139. The topological polar surface area (TPSA) is 98.0 Å². The third kappa shape index (κ3) is 4.86. The molecule has 1 atom stereocenters. The van der Waals surface area contributed by atoms with E-state index in [-0.39, 0.29) is 12.5 Å². The summed E-state index contributed by atoms with van der Waals surface area (Å²) < 4.78 is 16.0.